The van der Waals surface area contributed by atoms with Crippen molar-refractivity contribution in [3.8, 4) is 0 Å². The van der Waals surface area contributed by atoms with Gasteiger partial charge in [0.25, 0.3) is 5.91 Å². The van der Waals surface area contributed by atoms with Crippen molar-refractivity contribution in [2.24, 2.45) is 0 Å². The van der Waals surface area contributed by atoms with Gasteiger partial charge in [0.15, 0.2) is 0 Å². The fraction of sp³-hybridized carbons (Fsp3) is 0.650. The number of piperazine rings is 1. The van der Waals surface area contributed by atoms with Crippen molar-refractivity contribution < 1.29 is 30.8 Å². The molecule has 1 N–H and O–H groups in total. The number of sulfonamides is 1. The molecule has 188 valence electrons. The zero-order chi connectivity index (χ0) is 23.7. The minimum absolute atomic E-state index is 0. The third-order valence-electron chi connectivity index (χ3n) is 6.39. The van der Waals surface area contributed by atoms with E-state index in [1.165, 1.54) is 4.31 Å². The van der Waals surface area contributed by atoms with Crippen LogP contribution in [0.15, 0.2) is 12.1 Å². The molecule has 0 bridgehead atoms. The van der Waals surface area contributed by atoms with E-state index in [0.717, 1.165) is 12.1 Å². The molecule has 0 unspecified atom stereocenters. The summed E-state index contributed by atoms with van der Waals surface area (Å²) < 4.78 is 81.6. The number of halogens is 6. The zero-order valence-corrected chi connectivity index (χ0v) is 20.4. The molecule has 1 aliphatic heterocycles. The third kappa shape index (κ3) is 6.30. The molecular formula is C20H27Cl2F4N3O3S. The number of amides is 1. The fourth-order valence-corrected chi connectivity index (χ4v) is 5.68. The van der Waals surface area contributed by atoms with Crippen LogP contribution in [0.3, 0.4) is 0 Å². The molecule has 1 aliphatic carbocycles. The number of rotatable bonds is 6. The number of carbonyl (C=O) groups is 1. The van der Waals surface area contributed by atoms with Crippen LogP contribution in [-0.4, -0.2) is 73.5 Å². The van der Waals surface area contributed by atoms with Crippen LogP contribution in [0.2, 0.25) is 5.02 Å². The second-order valence-corrected chi connectivity index (χ2v) is 11.0. The van der Waals surface area contributed by atoms with Crippen LogP contribution in [0.4, 0.5) is 17.6 Å². The van der Waals surface area contributed by atoms with E-state index in [1.54, 1.807) is 6.92 Å². The van der Waals surface area contributed by atoms with Crippen molar-refractivity contribution in [3.63, 3.8) is 0 Å². The van der Waals surface area contributed by atoms with E-state index in [0.29, 0.717) is 13.1 Å². The first-order chi connectivity index (χ1) is 14.9. The molecule has 1 heterocycles. The molecule has 33 heavy (non-hydrogen) atoms. The van der Waals surface area contributed by atoms with Crippen LogP contribution in [0.1, 0.15) is 43.0 Å². The highest BCUT2D eigenvalue weighted by Crippen LogP contribution is 2.42. The molecule has 0 atom stereocenters. The molecule has 1 aromatic carbocycles. The van der Waals surface area contributed by atoms with Gasteiger partial charge in [0.1, 0.15) is 17.2 Å². The number of nitrogens with zero attached hydrogens (tertiary/aromatic N) is 2. The summed E-state index contributed by atoms with van der Waals surface area (Å²) in [4.78, 5) is 14.4. The second-order valence-electron chi connectivity index (χ2n) is 8.29. The summed E-state index contributed by atoms with van der Waals surface area (Å²) in [7, 11) is -3.37. The van der Waals surface area contributed by atoms with Gasteiger partial charge in [0.2, 0.25) is 15.9 Å². The van der Waals surface area contributed by atoms with Crippen LogP contribution in [0, 0.1) is 11.6 Å². The number of carbonyl (C=O) groups excluding carboxylic acids is 1. The molecule has 0 radical (unpaired) electrons. The highest BCUT2D eigenvalue weighted by atomic mass is 35.5. The number of hydrogen-bond donors (Lipinski definition) is 1. The van der Waals surface area contributed by atoms with E-state index in [2.05, 4.69) is 5.32 Å². The number of nitrogens with one attached hydrogen (secondary N) is 1. The minimum Gasteiger partial charge on any atom is -0.350 e. The van der Waals surface area contributed by atoms with E-state index >= 15 is 0 Å². The average Bonchev–Trinajstić information content (AvgIpc) is 2.73. The summed E-state index contributed by atoms with van der Waals surface area (Å²) in [5, 5.41) is 2.32. The Bertz CT molecular complexity index is 940. The predicted octanol–water partition coefficient (Wildman–Crippen LogP) is 3.69. The summed E-state index contributed by atoms with van der Waals surface area (Å²) in [5.41, 5.74) is -1.65. The van der Waals surface area contributed by atoms with Gasteiger partial charge in [0, 0.05) is 56.1 Å². The monoisotopic (exact) mass is 535 g/mol. The first-order valence-corrected chi connectivity index (χ1v) is 12.4. The normalized spacial score (nSPS) is 21.3. The van der Waals surface area contributed by atoms with Gasteiger partial charge < -0.3 is 5.32 Å². The van der Waals surface area contributed by atoms with E-state index in [1.807, 2.05) is 4.90 Å². The molecule has 0 aromatic heterocycles. The first kappa shape index (κ1) is 28.1. The van der Waals surface area contributed by atoms with Crippen molar-refractivity contribution in [2.45, 2.75) is 44.1 Å². The predicted molar refractivity (Wildman–Crippen MR) is 120 cm³/mol. The SMILES string of the molecule is CCS(=O)(=O)N1CCN(C2(CNC(=O)c3c(F)cc(Cl)cc3F)CCC(F)(F)CC2)CC1.Cl. The molecule has 1 saturated heterocycles. The lowest BCUT2D eigenvalue weighted by Gasteiger charge is -2.50. The van der Waals surface area contributed by atoms with E-state index in [4.69, 9.17) is 11.6 Å². The Morgan fingerprint density at radius 2 is 1.58 bits per heavy atom. The van der Waals surface area contributed by atoms with Gasteiger partial charge in [-0.05, 0) is 31.9 Å². The molecule has 2 fully saturated rings. The third-order valence-corrected chi connectivity index (χ3v) is 8.49. The smallest absolute Gasteiger partial charge is 0.257 e. The lowest BCUT2D eigenvalue weighted by molar-refractivity contribution is -0.0856. The Labute approximate surface area is 202 Å². The summed E-state index contributed by atoms with van der Waals surface area (Å²) in [6.07, 6.45) is -0.654. The maximum absolute atomic E-state index is 14.1. The van der Waals surface area contributed by atoms with Crippen molar-refractivity contribution in [1.29, 1.82) is 0 Å². The Morgan fingerprint density at radius 3 is 2.06 bits per heavy atom. The lowest BCUT2D eigenvalue weighted by Crippen LogP contribution is -2.63. The van der Waals surface area contributed by atoms with Crippen LogP contribution in [-0.2, 0) is 10.0 Å². The topological polar surface area (TPSA) is 69.7 Å². The number of benzene rings is 1. The Morgan fingerprint density at radius 1 is 1.06 bits per heavy atom. The van der Waals surface area contributed by atoms with Crippen LogP contribution in [0.5, 0.6) is 0 Å². The van der Waals surface area contributed by atoms with Gasteiger partial charge in [-0.25, -0.2) is 26.0 Å². The molecule has 1 saturated carbocycles. The van der Waals surface area contributed by atoms with Crippen molar-refractivity contribution in [1.82, 2.24) is 14.5 Å². The Kier molecular flexibility index (Phi) is 9.06. The maximum atomic E-state index is 14.1. The summed E-state index contributed by atoms with van der Waals surface area (Å²) in [5.74, 6) is -6.08. The Balaban J connectivity index is 0.00000385. The van der Waals surface area contributed by atoms with Gasteiger partial charge in [-0.1, -0.05) is 11.6 Å². The van der Waals surface area contributed by atoms with E-state index in [9.17, 15) is 30.8 Å². The fourth-order valence-electron chi connectivity index (χ4n) is 4.40. The lowest BCUT2D eigenvalue weighted by atomic mass is 9.78. The van der Waals surface area contributed by atoms with Crippen LogP contribution < -0.4 is 5.32 Å². The minimum atomic E-state index is -3.37. The van der Waals surface area contributed by atoms with Gasteiger partial charge in [-0.3, -0.25) is 9.69 Å². The van der Waals surface area contributed by atoms with Crippen molar-refractivity contribution >= 4 is 39.9 Å². The second kappa shape index (κ2) is 10.6. The van der Waals surface area contributed by atoms with Crippen LogP contribution >= 0.6 is 24.0 Å². The molecule has 3 rings (SSSR count). The molecule has 1 amide bonds. The molecule has 2 aliphatic rings. The largest absolute Gasteiger partial charge is 0.350 e. The highest BCUT2D eigenvalue weighted by Gasteiger charge is 2.47. The number of alkyl halides is 2. The Hall–Kier alpha value is -1.14. The van der Waals surface area contributed by atoms with Gasteiger partial charge in [0.05, 0.1) is 5.75 Å². The molecule has 1 aromatic rings. The first-order valence-electron chi connectivity index (χ1n) is 10.4. The highest BCUT2D eigenvalue weighted by molar-refractivity contribution is 7.89. The molecule has 13 heteroatoms. The zero-order valence-electron chi connectivity index (χ0n) is 18.1. The van der Waals surface area contributed by atoms with Gasteiger partial charge >= 0.3 is 0 Å². The molecule has 0 spiro atoms. The number of hydrogen-bond acceptors (Lipinski definition) is 4. The van der Waals surface area contributed by atoms with E-state index in [-0.39, 0.29) is 68.5 Å². The van der Waals surface area contributed by atoms with Gasteiger partial charge in [-0.2, -0.15) is 4.31 Å². The van der Waals surface area contributed by atoms with Gasteiger partial charge in [-0.15, -0.1) is 12.4 Å². The molecule has 6 nitrogen and oxygen atoms in total. The average molecular weight is 536 g/mol. The van der Waals surface area contributed by atoms with Crippen LogP contribution in [0.25, 0.3) is 0 Å². The standard InChI is InChI=1S/C20H26ClF4N3O3S.ClH/c1-2-32(30,31)28-9-7-27(8-10-28)19(3-5-20(24,25)6-4-19)13-26-18(29)17-15(22)11-14(21)12-16(17)23;/h11-12H,2-10,13H2,1H3,(H,26,29);1H. The molecular weight excluding hydrogens is 509 g/mol. The summed E-state index contributed by atoms with van der Waals surface area (Å²) in [6.45, 7) is 2.50. The summed E-state index contributed by atoms with van der Waals surface area (Å²) in [6, 6.07) is 1.65. The summed E-state index contributed by atoms with van der Waals surface area (Å²) >= 11 is 5.59. The van der Waals surface area contributed by atoms with Crippen molar-refractivity contribution in [2.75, 3.05) is 38.5 Å². The van der Waals surface area contributed by atoms with E-state index < -0.39 is 44.6 Å². The quantitative estimate of drug-likeness (QED) is 0.564. The maximum Gasteiger partial charge on any atom is 0.257 e. The van der Waals surface area contributed by atoms with Crippen molar-refractivity contribution in [3.05, 3.63) is 34.4 Å².